The quantitative estimate of drug-likeness (QED) is 0.681. The lowest BCUT2D eigenvalue weighted by Gasteiger charge is -2.43. The molecule has 0 aliphatic carbocycles. The van der Waals surface area contributed by atoms with Gasteiger partial charge in [0.25, 0.3) is 0 Å². The van der Waals surface area contributed by atoms with Crippen molar-refractivity contribution in [1.82, 2.24) is 0 Å². The molecule has 1 atom stereocenters. The molecule has 0 aromatic rings. The molecule has 0 bridgehead atoms. The number of rotatable bonds is 4. The molecule has 0 N–H and O–H groups in total. The molecule has 0 saturated carbocycles. The van der Waals surface area contributed by atoms with E-state index >= 15 is 0 Å². The van der Waals surface area contributed by atoms with Crippen molar-refractivity contribution in [3.05, 3.63) is 0 Å². The Hall–Kier alpha value is -0.0800. The summed E-state index contributed by atoms with van der Waals surface area (Å²) in [5.74, 6) is -0.255. The number of halogens is 1. The number of carbonyl (C=O) groups excluding carboxylic acids is 1. The van der Waals surface area contributed by atoms with Gasteiger partial charge in [-0.1, -0.05) is 34.6 Å². The summed E-state index contributed by atoms with van der Waals surface area (Å²) in [4.78, 5) is 11.3. The van der Waals surface area contributed by atoms with Crippen LogP contribution in [0.25, 0.3) is 0 Å². The molecule has 0 radical (unpaired) electrons. The maximum Gasteiger partial charge on any atom is 0.227 e. The monoisotopic (exact) mass is 220 g/mol. The van der Waals surface area contributed by atoms with E-state index in [-0.39, 0.29) is 22.0 Å². The Morgan fingerprint density at radius 2 is 1.71 bits per heavy atom. The lowest BCUT2D eigenvalue weighted by atomic mass is 9.62. The topological polar surface area (TPSA) is 26.3 Å². The fourth-order valence-corrected chi connectivity index (χ4v) is 1.58. The van der Waals surface area contributed by atoms with Crippen LogP contribution in [0.1, 0.15) is 34.6 Å². The van der Waals surface area contributed by atoms with Gasteiger partial charge in [-0.2, -0.15) is 0 Å². The van der Waals surface area contributed by atoms with E-state index in [0.29, 0.717) is 6.61 Å². The predicted molar refractivity (Wildman–Crippen MR) is 59.5 cm³/mol. The molecule has 0 spiro atoms. The van der Waals surface area contributed by atoms with E-state index in [4.69, 9.17) is 16.3 Å². The summed E-state index contributed by atoms with van der Waals surface area (Å²) < 4.78 is 5.04. The summed E-state index contributed by atoms with van der Waals surface area (Å²) >= 11 is 5.59. The van der Waals surface area contributed by atoms with E-state index < -0.39 is 0 Å². The Kier molecular flexibility index (Phi) is 4.60. The van der Waals surface area contributed by atoms with Gasteiger partial charge >= 0.3 is 0 Å². The number of methoxy groups -OCH3 is 1. The van der Waals surface area contributed by atoms with E-state index in [1.54, 1.807) is 7.11 Å². The lowest BCUT2D eigenvalue weighted by molar-refractivity contribution is -0.124. The number of carbonyl (C=O) groups is 1. The van der Waals surface area contributed by atoms with Crippen molar-refractivity contribution in [2.45, 2.75) is 34.6 Å². The van der Waals surface area contributed by atoms with Crippen molar-refractivity contribution in [2.24, 2.45) is 16.7 Å². The standard InChI is InChI=1S/C11H21ClO2/c1-10(2,3)11(4,5)8(7-14-6)9(12)13/h8H,7H2,1-6H3. The molecule has 84 valence electrons. The molecule has 3 heteroatoms. The molecule has 0 saturated heterocycles. The molecule has 0 aromatic heterocycles. The summed E-state index contributed by atoms with van der Waals surface area (Å²) in [6.45, 7) is 10.8. The minimum atomic E-state index is -0.313. The van der Waals surface area contributed by atoms with Crippen molar-refractivity contribution in [3.63, 3.8) is 0 Å². The van der Waals surface area contributed by atoms with E-state index in [0.717, 1.165) is 0 Å². The van der Waals surface area contributed by atoms with Gasteiger partial charge in [0.2, 0.25) is 5.24 Å². The van der Waals surface area contributed by atoms with Gasteiger partial charge in [-0.15, -0.1) is 0 Å². The zero-order valence-corrected chi connectivity index (χ0v) is 10.7. The summed E-state index contributed by atoms with van der Waals surface area (Å²) in [5.41, 5.74) is -0.164. The molecule has 0 amide bonds. The molecular weight excluding hydrogens is 200 g/mol. The van der Waals surface area contributed by atoms with Crippen LogP contribution in [-0.2, 0) is 9.53 Å². The van der Waals surface area contributed by atoms with Gasteiger partial charge in [0.1, 0.15) is 0 Å². The Morgan fingerprint density at radius 3 is 1.93 bits per heavy atom. The third-order valence-electron chi connectivity index (χ3n) is 3.41. The second-order valence-corrected chi connectivity index (χ2v) is 5.66. The smallest absolute Gasteiger partial charge is 0.227 e. The van der Waals surface area contributed by atoms with Crippen molar-refractivity contribution in [1.29, 1.82) is 0 Å². The third-order valence-corrected chi connectivity index (χ3v) is 3.67. The Labute approximate surface area is 92.0 Å². The summed E-state index contributed by atoms with van der Waals surface area (Å²) in [5, 5.41) is -0.313. The normalized spacial score (nSPS) is 15.4. The van der Waals surface area contributed by atoms with E-state index in [2.05, 4.69) is 34.6 Å². The highest BCUT2D eigenvalue weighted by Gasteiger charge is 2.43. The first-order valence-electron chi connectivity index (χ1n) is 4.83. The van der Waals surface area contributed by atoms with Crippen molar-refractivity contribution in [3.8, 4) is 0 Å². The van der Waals surface area contributed by atoms with Gasteiger partial charge in [0.15, 0.2) is 0 Å². The molecular formula is C11H21ClO2. The maximum absolute atomic E-state index is 11.3. The molecule has 2 nitrogen and oxygen atoms in total. The zero-order valence-electron chi connectivity index (χ0n) is 9.98. The minimum Gasteiger partial charge on any atom is -0.384 e. The lowest BCUT2D eigenvalue weighted by Crippen LogP contribution is -2.42. The van der Waals surface area contributed by atoms with Crippen molar-refractivity contribution < 1.29 is 9.53 Å². The van der Waals surface area contributed by atoms with Crippen LogP contribution in [0.15, 0.2) is 0 Å². The first kappa shape index (κ1) is 13.9. The van der Waals surface area contributed by atoms with Gasteiger partial charge in [-0.3, -0.25) is 4.79 Å². The first-order valence-corrected chi connectivity index (χ1v) is 5.20. The third kappa shape index (κ3) is 2.96. The van der Waals surface area contributed by atoms with E-state index in [9.17, 15) is 4.79 Å². The molecule has 0 aliphatic heterocycles. The minimum absolute atomic E-state index is 0.0146. The Morgan fingerprint density at radius 1 is 1.29 bits per heavy atom. The van der Waals surface area contributed by atoms with Crippen molar-refractivity contribution in [2.75, 3.05) is 13.7 Å². The predicted octanol–water partition coefficient (Wildman–Crippen LogP) is 3.09. The van der Waals surface area contributed by atoms with E-state index in [1.165, 1.54) is 0 Å². The van der Waals surface area contributed by atoms with Crippen LogP contribution in [-0.4, -0.2) is 19.0 Å². The molecule has 14 heavy (non-hydrogen) atoms. The number of ether oxygens (including phenoxy) is 1. The van der Waals surface area contributed by atoms with Crippen molar-refractivity contribution >= 4 is 16.8 Å². The van der Waals surface area contributed by atoms with Gasteiger partial charge < -0.3 is 4.74 Å². The Balaban J connectivity index is 4.90. The molecule has 0 heterocycles. The average molecular weight is 221 g/mol. The number of hydrogen-bond donors (Lipinski definition) is 0. The molecule has 0 aliphatic rings. The molecule has 0 aromatic carbocycles. The SMILES string of the molecule is COCC(C(=O)Cl)C(C)(C)C(C)(C)C. The van der Waals surface area contributed by atoms with Gasteiger partial charge in [-0.25, -0.2) is 0 Å². The molecule has 0 fully saturated rings. The second kappa shape index (κ2) is 4.63. The Bertz CT molecular complexity index is 204. The van der Waals surface area contributed by atoms with E-state index in [1.807, 2.05) is 0 Å². The largest absolute Gasteiger partial charge is 0.384 e. The maximum atomic E-state index is 11.3. The zero-order chi connectivity index (χ0) is 11.6. The van der Waals surface area contributed by atoms with Crippen LogP contribution >= 0.6 is 11.6 Å². The molecule has 0 rings (SSSR count). The first-order chi connectivity index (χ1) is 6.14. The van der Waals surface area contributed by atoms with Crippen LogP contribution in [0.4, 0.5) is 0 Å². The van der Waals surface area contributed by atoms with Crippen LogP contribution in [0.5, 0.6) is 0 Å². The second-order valence-electron chi connectivity index (χ2n) is 5.28. The summed E-state index contributed by atoms with van der Waals surface area (Å²) in [6, 6.07) is 0. The fraction of sp³-hybridized carbons (Fsp3) is 0.909. The van der Waals surface area contributed by atoms with Crippen LogP contribution in [0, 0.1) is 16.7 Å². The molecule has 1 unspecified atom stereocenters. The highest BCUT2D eigenvalue weighted by atomic mass is 35.5. The summed E-state index contributed by atoms with van der Waals surface area (Å²) in [6.07, 6.45) is 0. The summed E-state index contributed by atoms with van der Waals surface area (Å²) in [7, 11) is 1.59. The van der Waals surface area contributed by atoms with Crippen LogP contribution in [0.2, 0.25) is 0 Å². The highest BCUT2D eigenvalue weighted by Crippen LogP contribution is 2.44. The van der Waals surface area contributed by atoms with Gasteiger partial charge in [-0.05, 0) is 22.4 Å². The van der Waals surface area contributed by atoms with Crippen LogP contribution < -0.4 is 0 Å². The number of hydrogen-bond acceptors (Lipinski definition) is 2. The fourth-order valence-electron chi connectivity index (χ4n) is 1.25. The van der Waals surface area contributed by atoms with Gasteiger partial charge in [0, 0.05) is 7.11 Å². The average Bonchev–Trinajstić information content (AvgIpc) is 1.96. The highest BCUT2D eigenvalue weighted by molar-refractivity contribution is 6.64. The van der Waals surface area contributed by atoms with Crippen LogP contribution in [0.3, 0.4) is 0 Å². The van der Waals surface area contributed by atoms with Gasteiger partial charge in [0.05, 0.1) is 12.5 Å².